The first-order valence-electron chi connectivity index (χ1n) is 12.3. The van der Waals surface area contributed by atoms with Crippen molar-refractivity contribution in [1.82, 2.24) is 0 Å². The van der Waals surface area contributed by atoms with Crippen LogP contribution in [-0.2, 0) is 9.53 Å². The van der Waals surface area contributed by atoms with Crippen LogP contribution in [0, 0.1) is 46.3 Å². The number of hydrogen-bond acceptors (Lipinski definition) is 3. The number of hydrogen-bond donors (Lipinski definition) is 1. The molecule has 1 N–H and O–H groups in total. The van der Waals surface area contributed by atoms with Gasteiger partial charge in [-0.1, -0.05) is 20.8 Å². The van der Waals surface area contributed by atoms with Crippen molar-refractivity contribution in [2.24, 2.45) is 46.3 Å². The number of alkyl halides is 4. The molecule has 7 heteroatoms. The summed E-state index contributed by atoms with van der Waals surface area (Å²) in [4.78, 5) is 11.6. The lowest BCUT2D eigenvalue weighted by Gasteiger charge is -2.64. The highest BCUT2D eigenvalue weighted by molar-refractivity contribution is 5.69. The minimum Gasteiger partial charge on any atom is -0.469 e. The van der Waals surface area contributed by atoms with E-state index in [2.05, 4.69) is 0 Å². The molecule has 2 unspecified atom stereocenters. The monoisotopic (exact) mass is 462 g/mol. The van der Waals surface area contributed by atoms with E-state index in [1.165, 1.54) is 7.11 Å². The summed E-state index contributed by atoms with van der Waals surface area (Å²) in [5.74, 6) is -9.92. The fourth-order valence-electron chi connectivity index (χ4n) is 8.66. The Kier molecular flexibility index (Phi) is 5.95. The van der Waals surface area contributed by atoms with Gasteiger partial charge in [-0.15, -0.1) is 0 Å². The van der Waals surface area contributed by atoms with Gasteiger partial charge in [0, 0.05) is 30.6 Å². The van der Waals surface area contributed by atoms with Gasteiger partial charge in [-0.2, -0.15) is 0 Å². The fourth-order valence-corrected chi connectivity index (χ4v) is 8.66. The summed E-state index contributed by atoms with van der Waals surface area (Å²) in [6, 6.07) is 0. The molecule has 0 amide bonds. The van der Waals surface area contributed by atoms with Crippen molar-refractivity contribution in [1.29, 1.82) is 0 Å². The van der Waals surface area contributed by atoms with Gasteiger partial charge in [0.05, 0.1) is 13.2 Å². The highest BCUT2D eigenvalue weighted by Crippen LogP contribution is 2.74. The van der Waals surface area contributed by atoms with Crippen LogP contribution in [0.25, 0.3) is 0 Å². The summed E-state index contributed by atoms with van der Waals surface area (Å²) in [7, 11) is 1.30. The summed E-state index contributed by atoms with van der Waals surface area (Å²) in [5.41, 5.74) is -2.07. The zero-order valence-electron chi connectivity index (χ0n) is 19.7. The molecule has 0 aliphatic heterocycles. The van der Waals surface area contributed by atoms with Crippen LogP contribution < -0.4 is 0 Å². The van der Waals surface area contributed by atoms with Crippen LogP contribution in [0.15, 0.2) is 0 Å². The van der Waals surface area contributed by atoms with E-state index < -0.39 is 64.8 Å². The van der Waals surface area contributed by atoms with Gasteiger partial charge in [0.1, 0.15) is 0 Å². The molecule has 0 radical (unpaired) electrons. The van der Waals surface area contributed by atoms with E-state index in [0.717, 1.165) is 0 Å². The summed E-state index contributed by atoms with van der Waals surface area (Å²) in [6.07, 6.45) is 1.39. The van der Waals surface area contributed by atoms with Gasteiger partial charge >= 0.3 is 5.97 Å². The molecule has 4 aliphatic rings. The first-order valence-corrected chi connectivity index (χ1v) is 12.3. The van der Waals surface area contributed by atoms with Crippen molar-refractivity contribution in [2.75, 3.05) is 7.11 Å². The molecule has 32 heavy (non-hydrogen) atoms. The minimum absolute atomic E-state index is 0.158. The van der Waals surface area contributed by atoms with E-state index in [0.29, 0.717) is 32.1 Å². The number of carbonyl (C=O) groups is 1. The van der Waals surface area contributed by atoms with Crippen LogP contribution in [0.3, 0.4) is 0 Å². The van der Waals surface area contributed by atoms with Crippen LogP contribution in [0.2, 0.25) is 0 Å². The van der Waals surface area contributed by atoms with Crippen molar-refractivity contribution in [3.05, 3.63) is 0 Å². The molecule has 4 aliphatic carbocycles. The molecule has 0 bridgehead atoms. The zero-order valence-corrected chi connectivity index (χ0v) is 19.7. The Labute approximate surface area is 188 Å². The molecule has 3 nitrogen and oxygen atoms in total. The third-order valence-corrected chi connectivity index (χ3v) is 10.5. The number of halogens is 4. The highest BCUT2D eigenvalue weighted by Gasteiger charge is 2.75. The van der Waals surface area contributed by atoms with Crippen LogP contribution in [0.5, 0.6) is 0 Å². The summed E-state index contributed by atoms with van der Waals surface area (Å²) >= 11 is 0. The average molecular weight is 463 g/mol. The topological polar surface area (TPSA) is 46.5 Å². The molecule has 4 rings (SSSR count). The number of ether oxygens (including phenoxy) is 1. The Hall–Kier alpha value is -0.850. The number of rotatable bonds is 4. The quantitative estimate of drug-likeness (QED) is 0.406. The van der Waals surface area contributed by atoms with Crippen LogP contribution in [0.4, 0.5) is 17.6 Å². The number of esters is 1. The molecule has 9 atom stereocenters. The minimum atomic E-state index is -3.05. The lowest BCUT2D eigenvalue weighted by atomic mass is 9.42. The van der Waals surface area contributed by atoms with E-state index in [4.69, 9.17) is 4.74 Å². The molecule has 4 saturated carbocycles. The Balaban J connectivity index is 1.67. The number of fused-ring (bicyclic) bond motifs is 5. The number of aliphatic hydroxyl groups excluding tert-OH is 1. The Morgan fingerprint density at radius 3 is 2.44 bits per heavy atom. The Morgan fingerprint density at radius 2 is 1.78 bits per heavy atom. The standard InChI is InChI=1S/C25H38F4O3/c1-14(5-8-20(31)32-4)17-6-7-18-21-19(13-25(28,29)23(17,18)3)22(2)10-9-16(30)11-15(22)12-24(21,26)27/h14-19,21,30H,5-13H2,1-4H3/t14-,15+,16-,17?,18+,19+,21+,22?,23-/m1/s1. The number of carbonyl (C=O) groups excluding carboxylic acids is 1. The summed E-state index contributed by atoms with van der Waals surface area (Å²) in [6.45, 7) is 5.36. The molecular weight excluding hydrogens is 424 g/mol. The molecule has 0 heterocycles. The summed E-state index contributed by atoms with van der Waals surface area (Å²) in [5, 5.41) is 10.1. The second kappa shape index (κ2) is 7.84. The molecule has 0 aromatic rings. The maximum Gasteiger partial charge on any atom is 0.305 e. The predicted molar refractivity (Wildman–Crippen MR) is 112 cm³/mol. The van der Waals surface area contributed by atoms with Gasteiger partial charge in [-0.05, 0) is 73.5 Å². The second-order valence-corrected chi connectivity index (χ2v) is 11.8. The normalized spacial score (nSPS) is 47.7. The van der Waals surface area contributed by atoms with Gasteiger partial charge < -0.3 is 9.84 Å². The first kappa shape index (κ1) is 24.3. The van der Waals surface area contributed by atoms with E-state index in [1.807, 2.05) is 13.8 Å². The van der Waals surface area contributed by atoms with E-state index in [9.17, 15) is 9.90 Å². The zero-order chi connectivity index (χ0) is 23.7. The van der Waals surface area contributed by atoms with Crippen molar-refractivity contribution < 1.29 is 32.2 Å². The van der Waals surface area contributed by atoms with Gasteiger partial charge in [0.2, 0.25) is 0 Å². The predicted octanol–water partition coefficient (Wildman–Crippen LogP) is 6.09. The van der Waals surface area contributed by atoms with E-state index in [1.54, 1.807) is 6.92 Å². The third kappa shape index (κ3) is 3.42. The number of aliphatic hydroxyl groups is 1. The molecule has 0 saturated heterocycles. The maximum atomic E-state index is 16.1. The SMILES string of the molecule is COC(=O)CC[C@@H](C)C1CC[C@H]2[C@H]3[C@H](CC(F)(F)[C@]12C)C1(C)CC[C@@H](O)C[C@H]1CC3(F)F. The molecular formula is C25H38F4O3. The van der Waals surface area contributed by atoms with Gasteiger partial charge in [-0.25, -0.2) is 17.6 Å². The van der Waals surface area contributed by atoms with Crippen LogP contribution in [-0.4, -0.2) is 36.1 Å². The van der Waals surface area contributed by atoms with Gasteiger partial charge in [0.15, 0.2) is 0 Å². The second-order valence-electron chi connectivity index (χ2n) is 11.8. The molecule has 184 valence electrons. The Morgan fingerprint density at radius 1 is 1.09 bits per heavy atom. The van der Waals surface area contributed by atoms with Crippen molar-refractivity contribution in [2.45, 2.75) is 96.5 Å². The fraction of sp³-hybridized carbons (Fsp3) is 0.960. The third-order valence-electron chi connectivity index (χ3n) is 10.5. The van der Waals surface area contributed by atoms with E-state index >= 15 is 17.6 Å². The van der Waals surface area contributed by atoms with Gasteiger partial charge in [0.25, 0.3) is 11.8 Å². The first-order chi connectivity index (χ1) is 14.8. The largest absolute Gasteiger partial charge is 0.469 e. The van der Waals surface area contributed by atoms with Crippen LogP contribution in [0.1, 0.15) is 78.6 Å². The smallest absolute Gasteiger partial charge is 0.305 e. The Bertz CT molecular complexity index is 743. The van der Waals surface area contributed by atoms with Crippen molar-refractivity contribution >= 4 is 5.97 Å². The lowest BCUT2D eigenvalue weighted by molar-refractivity contribution is -0.295. The lowest BCUT2D eigenvalue weighted by Crippen LogP contribution is -2.66. The molecule has 0 aromatic carbocycles. The van der Waals surface area contributed by atoms with E-state index in [-0.39, 0.29) is 31.1 Å². The average Bonchev–Trinajstić information content (AvgIpc) is 3.06. The van der Waals surface area contributed by atoms with Crippen molar-refractivity contribution in [3.63, 3.8) is 0 Å². The summed E-state index contributed by atoms with van der Waals surface area (Å²) < 4.78 is 68.2. The van der Waals surface area contributed by atoms with Crippen molar-refractivity contribution in [3.8, 4) is 0 Å². The molecule has 0 aromatic heterocycles. The maximum absolute atomic E-state index is 16.1. The molecule has 0 spiro atoms. The van der Waals surface area contributed by atoms with Gasteiger partial charge in [-0.3, -0.25) is 4.79 Å². The highest BCUT2D eigenvalue weighted by atomic mass is 19.3. The molecule has 4 fully saturated rings. The van der Waals surface area contributed by atoms with Crippen LogP contribution >= 0.6 is 0 Å². The number of methoxy groups -OCH3 is 1.